The molecule has 2 N–H and O–H groups in total. The van der Waals surface area contributed by atoms with Gasteiger partial charge in [-0.05, 0) is 61.8 Å². The lowest BCUT2D eigenvalue weighted by Crippen LogP contribution is -2.62. The second-order valence-corrected chi connectivity index (χ2v) is 9.11. The number of benzene rings is 1. The molecule has 2 fully saturated rings. The van der Waals surface area contributed by atoms with Gasteiger partial charge in [0.25, 0.3) is 5.91 Å². The Labute approximate surface area is 175 Å². The summed E-state index contributed by atoms with van der Waals surface area (Å²) in [4.78, 5) is 31.8. The van der Waals surface area contributed by atoms with Crippen LogP contribution < -0.4 is 9.81 Å². The molecule has 1 unspecified atom stereocenters. The number of nitrogens with zero attached hydrogens (tertiary/aromatic N) is 5. The number of carbonyl (C=O) groups is 2. The van der Waals surface area contributed by atoms with Crippen molar-refractivity contribution in [1.29, 1.82) is 10.8 Å². The third-order valence-corrected chi connectivity index (χ3v) is 6.67. The van der Waals surface area contributed by atoms with E-state index in [-0.39, 0.29) is 17.2 Å². The summed E-state index contributed by atoms with van der Waals surface area (Å²) in [7, 11) is 0. The van der Waals surface area contributed by atoms with Gasteiger partial charge in [0.15, 0.2) is 10.8 Å². The normalized spacial score (nSPS) is 25.9. The van der Waals surface area contributed by atoms with Gasteiger partial charge < -0.3 is 5.11 Å². The monoisotopic (exact) mass is 411 g/mol. The minimum absolute atomic E-state index is 0.0717. The first kappa shape index (κ1) is 21.5. The topological polar surface area (TPSA) is 135 Å². The zero-order valence-electron chi connectivity index (χ0n) is 17.7. The highest BCUT2D eigenvalue weighted by atomic mass is 16.4. The Morgan fingerprint density at radius 3 is 2.53 bits per heavy atom. The summed E-state index contributed by atoms with van der Waals surface area (Å²) >= 11 is 0. The number of hydrogen-bond acceptors (Lipinski definition) is 5. The molecule has 30 heavy (non-hydrogen) atoms. The summed E-state index contributed by atoms with van der Waals surface area (Å²) in [5, 5.41) is 23.3. The van der Waals surface area contributed by atoms with Gasteiger partial charge in [-0.15, -0.1) is 0 Å². The van der Waals surface area contributed by atoms with Gasteiger partial charge in [0.05, 0.1) is 11.6 Å². The first-order valence-electron chi connectivity index (χ1n) is 10.00. The number of nitrogens with one attached hydrogen (secondary N) is 1. The number of hydrogen-bond donors (Lipinski definition) is 2. The molecule has 4 atom stereocenters. The van der Waals surface area contributed by atoms with E-state index in [1.54, 1.807) is 31.2 Å². The average Bonchev–Trinajstić information content (AvgIpc) is 3.27. The summed E-state index contributed by atoms with van der Waals surface area (Å²) in [5.74, 6) is -0.449. The van der Waals surface area contributed by atoms with Gasteiger partial charge in [0.2, 0.25) is 4.91 Å². The Balaban J connectivity index is 2.04. The van der Waals surface area contributed by atoms with E-state index in [0.717, 1.165) is 12.8 Å². The molecule has 9 nitrogen and oxygen atoms in total. The van der Waals surface area contributed by atoms with E-state index in [1.807, 2.05) is 20.8 Å². The van der Waals surface area contributed by atoms with E-state index < -0.39 is 23.7 Å². The molecule has 1 aromatic carbocycles. The molecule has 158 valence electrons. The zero-order chi connectivity index (χ0) is 22.3. The first-order chi connectivity index (χ1) is 14.1. The highest BCUT2D eigenvalue weighted by Crippen LogP contribution is 2.58. The van der Waals surface area contributed by atoms with Crippen LogP contribution in [-0.4, -0.2) is 39.6 Å². The number of rotatable bonds is 4. The lowest BCUT2D eigenvalue weighted by Gasteiger charge is -2.49. The maximum atomic E-state index is 13.7. The Bertz CT molecular complexity index is 941. The molecular formula is C21H27N6O3+. The third-order valence-electron chi connectivity index (χ3n) is 6.67. The molecule has 0 aromatic heterocycles. The van der Waals surface area contributed by atoms with Crippen LogP contribution in [0.15, 0.2) is 29.4 Å². The molecule has 9 heteroatoms. The Kier molecular flexibility index (Phi) is 5.40. The fourth-order valence-electron chi connectivity index (χ4n) is 5.16. The molecular weight excluding hydrogens is 384 g/mol. The molecule has 0 radical (unpaired) electrons. The van der Waals surface area contributed by atoms with Gasteiger partial charge in [-0.3, -0.25) is 14.6 Å². The third kappa shape index (κ3) is 3.23. The van der Waals surface area contributed by atoms with E-state index in [0.29, 0.717) is 17.8 Å². The lowest BCUT2D eigenvalue weighted by atomic mass is 9.72. The predicted octanol–water partition coefficient (Wildman–Crippen LogP) is 4.06. The molecule has 1 aliphatic heterocycles. The van der Waals surface area contributed by atoms with Crippen molar-refractivity contribution in [2.45, 2.75) is 64.6 Å². The predicted molar refractivity (Wildman–Crippen MR) is 109 cm³/mol. The average molecular weight is 411 g/mol. The largest absolute Gasteiger partial charge is 0.465 e. The van der Waals surface area contributed by atoms with Crippen molar-refractivity contribution in [3.05, 3.63) is 24.3 Å². The minimum atomic E-state index is -1.10. The maximum absolute atomic E-state index is 13.7. The van der Waals surface area contributed by atoms with Crippen LogP contribution in [0.5, 0.6) is 0 Å². The Morgan fingerprint density at radius 2 is 2.03 bits per heavy atom. The standard InChI is InChI=1S/C21H26N6O3/c1-13(12-22)26(16-7-5-15(6-8-16)24-25-23)18(28)17-14-9-10-21(11-14,20(2,3)4)27(17)19(29)30/h5-8,13-14,17,23H,9-11H2,1-4H3/p+1/t13?,14-,17-,21+/m0/s1. The van der Waals surface area contributed by atoms with Crippen molar-refractivity contribution < 1.29 is 14.7 Å². The number of fused-ring (bicyclic) bond motifs is 2. The number of carbonyl (C=O) groups excluding carboxylic acids is 1. The van der Waals surface area contributed by atoms with E-state index in [9.17, 15) is 20.0 Å². The second kappa shape index (κ2) is 7.54. The maximum Gasteiger partial charge on any atom is 0.408 e. The van der Waals surface area contributed by atoms with Gasteiger partial charge in [-0.25, -0.2) is 4.79 Å². The summed E-state index contributed by atoms with van der Waals surface area (Å²) in [6, 6.07) is 6.97. The lowest BCUT2D eigenvalue weighted by molar-refractivity contribution is -0.127. The van der Waals surface area contributed by atoms with Gasteiger partial charge in [-0.2, -0.15) is 5.26 Å². The highest BCUT2D eigenvalue weighted by Gasteiger charge is 2.65. The fourth-order valence-corrected chi connectivity index (χ4v) is 5.16. The summed E-state index contributed by atoms with van der Waals surface area (Å²) in [6.07, 6.45) is 1.07. The molecule has 1 heterocycles. The van der Waals surface area contributed by atoms with Crippen molar-refractivity contribution in [2.75, 3.05) is 4.90 Å². The van der Waals surface area contributed by atoms with E-state index in [1.165, 1.54) is 9.80 Å². The number of nitriles is 1. The van der Waals surface area contributed by atoms with Crippen LogP contribution >= 0.6 is 0 Å². The molecule has 3 rings (SSSR count). The zero-order valence-corrected chi connectivity index (χ0v) is 17.7. The van der Waals surface area contributed by atoms with Crippen molar-refractivity contribution in [2.24, 2.45) is 16.4 Å². The van der Waals surface area contributed by atoms with Crippen LogP contribution in [0.4, 0.5) is 16.2 Å². The second-order valence-electron chi connectivity index (χ2n) is 9.11. The van der Waals surface area contributed by atoms with Crippen molar-refractivity contribution in [3.63, 3.8) is 0 Å². The van der Waals surface area contributed by atoms with Gasteiger partial charge >= 0.3 is 6.09 Å². The molecule has 1 aromatic rings. The van der Waals surface area contributed by atoms with Crippen molar-refractivity contribution in [3.8, 4) is 6.07 Å². The van der Waals surface area contributed by atoms with E-state index in [2.05, 4.69) is 16.1 Å². The molecule has 2 aliphatic rings. The summed E-state index contributed by atoms with van der Waals surface area (Å²) in [6.45, 7) is 7.68. The molecule has 2 amide bonds. The van der Waals surface area contributed by atoms with Gasteiger partial charge in [0.1, 0.15) is 17.6 Å². The highest BCUT2D eigenvalue weighted by molar-refractivity contribution is 6.00. The number of piperidine rings is 1. The van der Waals surface area contributed by atoms with Crippen LogP contribution in [0.1, 0.15) is 47.0 Å². The molecule has 0 spiro atoms. The molecule has 2 bridgehead atoms. The number of likely N-dealkylation sites (tertiary alicyclic amines) is 1. The van der Waals surface area contributed by atoms with E-state index in [4.69, 9.17) is 5.53 Å². The van der Waals surface area contributed by atoms with Crippen molar-refractivity contribution >= 4 is 23.4 Å². The number of amides is 2. The Morgan fingerprint density at radius 1 is 1.40 bits per heavy atom. The van der Waals surface area contributed by atoms with Crippen LogP contribution in [-0.2, 0) is 4.79 Å². The van der Waals surface area contributed by atoms with Crippen LogP contribution in [0.3, 0.4) is 0 Å². The number of anilines is 1. The minimum Gasteiger partial charge on any atom is -0.465 e. The quantitative estimate of drug-likeness (QED) is 0.570. The summed E-state index contributed by atoms with van der Waals surface area (Å²) < 4.78 is 0. The Hall–Kier alpha value is -3.24. The molecule has 1 saturated heterocycles. The van der Waals surface area contributed by atoms with Crippen LogP contribution in [0.25, 0.3) is 0 Å². The smallest absolute Gasteiger partial charge is 0.408 e. The van der Waals surface area contributed by atoms with Crippen LogP contribution in [0.2, 0.25) is 0 Å². The molecule has 1 saturated carbocycles. The SMILES string of the molecule is CC(C#N)N(C(=O)[C@@H]1[C@H]2CC[C@](C(C)(C)C)(C2)N1C(=O)O)c1ccc(N=[N+]=N)cc1. The van der Waals surface area contributed by atoms with E-state index >= 15 is 0 Å². The number of carboxylic acid groups (broad SMARTS) is 1. The van der Waals surface area contributed by atoms with Gasteiger partial charge in [0, 0.05) is 5.69 Å². The molecule has 1 aliphatic carbocycles. The van der Waals surface area contributed by atoms with Crippen LogP contribution in [0, 0.1) is 28.2 Å². The summed E-state index contributed by atoms with van der Waals surface area (Å²) in [5.41, 5.74) is 6.85. The fraction of sp³-hybridized carbons (Fsp3) is 0.571. The van der Waals surface area contributed by atoms with Gasteiger partial charge in [-0.1, -0.05) is 20.8 Å². The van der Waals surface area contributed by atoms with Crippen molar-refractivity contribution in [1.82, 2.24) is 9.81 Å². The first-order valence-corrected chi connectivity index (χ1v) is 10.00.